The van der Waals surface area contributed by atoms with Crippen LogP contribution in [0.15, 0.2) is 84.0 Å². The summed E-state index contributed by atoms with van der Waals surface area (Å²) in [7, 11) is 1.55. The van der Waals surface area contributed by atoms with Crippen LogP contribution in [0, 0.1) is 0 Å². The van der Waals surface area contributed by atoms with E-state index in [-0.39, 0.29) is 12.5 Å². The van der Waals surface area contributed by atoms with Gasteiger partial charge in [0.25, 0.3) is 5.91 Å². The number of carbonyl (C=O) groups is 1. The Morgan fingerprint density at radius 3 is 2.31 bits per heavy atom. The summed E-state index contributed by atoms with van der Waals surface area (Å²) in [5, 5.41) is 3.94. The molecule has 6 heteroatoms. The molecular formula is C23H22N2O4. The summed E-state index contributed by atoms with van der Waals surface area (Å²) >= 11 is 0. The number of ether oxygens (including phenoxy) is 3. The molecule has 0 spiro atoms. The van der Waals surface area contributed by atoms with Crippen molar-refractivity contribution in [1.29, 1.82) is 0 Å². The zero-order chi connectivity index (χ0) is 20.3. The standard InChI is InChI=1S/C23H22N2O4/c1-27-21-9-5-6-10-22(21)29-17-23(26)25-24-15-18-11-13-20(14-12-18)28-16-19-7-3-2-4-8-19/h2-15H,16-17H2,1H3,(H,25,26). The summed E-state index contributed by atoms with van der Waals surface area (Å²) in [5.74, 6) is 1.47. The van der Waals surface area contributed by atoms with Gasteiger partial charge in [-0.15, -0.1) is 0 Å². The fraction of sp³-hybridized carbons (Fsp3) is 0.130. The van der Waals surface area contributed by atoms with Crippen LogP contribution in [-0.4, -0.2) is 25.8 Å². The summed E-state index contributed by atoms with van der Waals surface area (Å²) in [6.45, 7) is 0.348. The molecule has 3 aromatic rings. The predicted molar refractivity (Wildman–Crippen MR) is 111 cm³/mol. The molecule has 3 rings (SSSR count). The fourth-order valence-corrected chi connectivity index (χ4v) is 2.48. The number of hydrogen-bond acceptors (Lipinski definition) is 5. The third-order valence-corrected chi connectivity index (χ3v) is 3.96. The topological polar surface area (TPSA) is 69.2 Å². The Morgan fingerprint density at radius 2 is 1.59 bits per heavy atom. The number of para-hydroxylation sites is 2. The summed E-state index contributed by atoms with van der Waals surface area (Å²) in [5.41, 5.74) is 4.38. The van der Waals surface area contributed by atoms with E-state index in [1.165, 1.54) is 0 Å². The number of amides is 1. The van der Waals surface area contributed by atoms with Gasteiger partial charge in [0.05, 0.1) is 13.3 Å². The monoisotopic (exact) mass is 390 g/mol. The molecule has 0 fully saturated rings. The van der Waals surface area contributed by atoms with Crippen LogP contribution in [0.3, 0.4) is 0 Å². The van der Waals surface area contributed by atoms with Gasteiger partial charge >= 0.3 is 0 Å². The van der Waals surface area contributed by atoms with E-state index < -0.39 is 0 Å². The average Bonchev–Trinajstić information content (AvgIpc) is 2.78. The first-order valence-corrected chi connectivity index (χ1v) is 9.09. The molecule has 148 valence electrons. The summed E-state index contributed by atoms with van der Waals surface area (Å²) < 4.78 is 16.4. The van der Waals surface area contributed by atoms with Gasteiger partial charge < -0.3 is 14.2 Å². The van der Waals surface area contributed by atoms with Crippen molar-refractivity contribution in [3.8, 4) is 17.2 Å². The first-order valence-electron chi connectivity index (χ1n) is 9.09. The van der Waals surface area contributed by atoms with Gasteiger partial charge in [0.15, 0.2) is 18.1 Å². The van der Waals surface area contributed by atoms with Crippen molar-refractivity contribution >= 4 is 12.1 Å². The normalized spacial score (nSPS) is 10.5. The van der Waals surface area contributed by atoms with E-state index in [2.05, 4.69) is 10.5 Å². The van der Waals surface area contributed by atoms with E-state index in [9.17, 15) is 4.79 Å². The minimum Gasteiger partial charge on any atom is -0.493 e. The molecule has 1 N–H and O–H groups in total. The minimum absolute atomic E-state index is 0.163. The van der Waals surface area contributed by atoms with Crippen LogP contribution in [0.5, 0.6) is 17.2 Å². The minimum atomic E-state index is -0.366. The van der Waals surface area contributed by atoms with Crippen LogP contribution in [0.4, 0.5) is 0 Å². The zero-order valence-corrected chi connectivity index (χ0v) is 16.1. The second-order valence-corrected chi connectivity index (χ2v) is 6.08. The molecule has 0 atom stereocenters. The highest BCUT2D eigenvalue weighted by molar-refractivity contribution is 5.83. The fourth-order valence-electron chi connectivity index (χ4n) is 2.48. The lowest BCUT2D eigenvalue weighted by atomic mass is 10.2. The van der Waals surface area contributed by atoms with Crippen LogP contribution < -0.4 is 19.6 Å². The quantitative estimate of drug-likeness (QED) is 0.446. The number of carbonyl (C=O) groups excluding carboxylic acids is 1. The van der Waals surface area contributed by atoms with E-state index in [0.717, 1.165) is 16.9 Å². The lowest BCUT2D eigenvalue weighted by Gasteiger charge is -2.09. The lowest BCUT2D eigenvalue weighted by molar-refractivity contribution is -0.123. The maximum atomic E-state index is 11.9. The molecule has 0 heterocycles. The van der Waals surface area contributed by atoms with E-state index >= 15 is 0 Å². The van der Waals surface area contributed by atoms with Crippen molar-refractivity contribution in [2.45, 2.75) is 6.61 Å². The second-order valence-electron chi connectivity index (χ2n) is 6.08. The van der Waals surface area contributed by atoms with Crippen molar-refractivity contribution < 1.29 is 19.0 Å². The highest BCUT2D eigenvalue weighted by Crippen LogP contribution is 2.25. The summed E-state index contributed by atoms with van der Waals surface area (Å²) in [4.78, 5) is 11.9. The van der Waals surface area contributed by atoms with Gasteiger partial charge in [-0.3, -0.25) is 4.79 Å². The molecule has 3 aromatic carbocycles. The van der Waals surface area contributed by atoms with Gasteiger partial charge in [0.1, 0.15) is 12.4 Å². The molecule has 0 aliphatic rings. The van der Waals surface area contributed by atoms with E-state index in [0.29, 0.717) is 18.1 Å². The molecule has 0 radical (unpaired) electrons. The Bertz CT molecular complexity index is 941. The van der Waals surface area contributed by atoms with Crippen molar-refractivity contribution in [1.82, 2.24) is 5.43 Å². The molecule has 0 aliphatic carbocycles. The van der Waals surface area contributed by atoms with Crippen molar-refractivity contribution in [2.75, 3.05) is 13.7 Å². The van der Waals surface area contributed by atoms with E-state index in [4.69, 9.17) is 14.2 Å². The van der Waals surface area contributed by atoms with Crippen LogP contribution in [-0.2, 0) is 11.4 Å². The maximum Gasteiger partial charge on any atom is 0.277 e. The predicted octanol–water partition coefficient (Wildman–Crippen LogP) is 3.80. The number of nitrogens with zero attached hydrogens (tertiary/aromatic N) is 1. The first kappa shape index (κ1) is 19.9. The van der Waals surface area contributed by atoms with Gasteiger partial charge in [0, 0.05) is 0 Å². The first-order chi connectivity index (χ1) is 14.2. The van der Waals surface area contributed by atoms with Crippen LogP contribution >= 0.6 is 0 Å². The van der Waals surface area contributed by atoms with Crippen molar-refractivity contribution in [3.05, 3.63) is 90.0 Å². The van der Waals surface area contributed by atoms with Gasteiger partial charge in [-0.25, -0.2) is 5.43 Å². The third kappa shape index (κ3) is 6.39. The zero-order valence-electron chi connectivity index (χ0n) is 16.1. The molecular weight excluding hydrogens is 368 g/mol. The highest BCUT2D eigenvalue weighted by atomic mass is 16.5. The Hall–Kier alpha value is -3.80. The summed E-state index contributed by atoms with van der Waals surface area (Å²) in [6.07, 6.45) is 1.56. The summed E-state index contributed by atoms with van der Waals surface area (Å²) in [6, 6.07) is 24.5. The lowest BCUT2D eigenvalue weighted by Crippen LogP contribution is -2.24. The van der Waals surface area contributed by atoms with E-state index in [1.807, 2.05) is 60.7 Å². The molecule has 0 bridgehead atoms. The molecule has 0 unspecified atom stereocenters. The number of rotatable bonds is 9. The highest BCUT2D eigenvalue weighted by Gasteiger charge is 2.05. The molecule has 0 saturated heterocycles. The Labute approximate surface area is 169 Å². The number of nitrogens with one attached hydrogen (secondary N) is 1. The SMILES string of the molecule is COc1ccccc1OCC(=O)NN=Cc1ccc(OCc2ccccc2)cc1. The van der Waals surface area contributed by atoms with Gasteiger partial charge in [-0.1, -0.05) is 42.5 Å². The molecule has 6 nitrogen and oxygen atoms in total. The second kappa shape index (κ2) is 10.5. The Morgan fingerprint density at radius 1 is 0.897 bits per heavy atom. The molecule has 1 amide bonds. The average molecular weight is 390 g/mol. The smallest absolute Gasteiger partial charge is 0.277 e. The third-order valence-electron chi connectivity index (χ3n) is 3.96. The molecule has 0 aliphatic heterocycles. The van der Waals surface area contributed by atoms with Gasteiger partial charge in [-0.05, 0) is 47.5 Å². The largest absolute Gasteiger partial charge is 0.493 e. The van der Waals surface area contributed by atoms with Crippen molar-refractivity contribution in [3.63, 3.8) is 0 Å². The molecule has 0 saturated carbocycles. The van der Waals surface area contributed by atoms with Crippen LogP contribution in [0.25, 0.3) is 0 Å². The van der Waals surface area contributed by atoms with E-state index in [1.54, 1.807) is 31.5 Å². The van der Waals surface area contributed by atoms with Crippen LogP contribution in [0.2, 0.25) is 0 Å². The van der Waals surface area contributed by atoms with Crippen molar-refractivity contribution in [2.24, 2.45) is 5.10 Å². The Balaban J connectivity index is 1.43. The number of benzene rings is 3. The molecule has 0 aromatic heterocycles. The Kier molecular flexibility index (Phi) is 7.23. The number of hydrogen-bond donors (Lipinski definition) is 1. The maximum absolute atomic E-state index is 11.9. The number of methoxy groups -OCH3 is 1. The van der Waals surface area contributed by atoms with Crippen LogP contribution in [0.1, 0.15) is 11.1 Å². The number of hydrazone groups is 1. The van der Waals surface area contributed by atoms with Gasteiger partial charge in [-0.2, -0.15) is 5.10 Å². The molecule has 29 heavy (non-hydrogen) atoms. The van der Waals surface area contributed by atoms with Gasteiger partial charge in [0.2, 0.25) is 0 Å².